The summed E-state index contributed by atoms with van der Waals surface area (Å²) in [5.74, 6) is 0. The van der Waals surface area contributed by atoms with Gasteiger partial charge in [-0.05, 0) is 25.7 Å². The first kappa shape index (κ1) is 7.84. The predicted molar refractivity (Wildman–Crippen MR) is 47.7 cm³/mol. The minimum absolute atomic E-state index is 0.778. The van der Waals surface area contributed by atoms with Gasteiger partial charge in [-0.25, -0.2) is 9.13 Å². The molecule has 0 amide bonds. The summed E-state index contributed by atoms with van der Waals surface area (Å²) in [7, 11) is 2.08. The van der Waals surface area contributed by atoms with Gasteiger partial charge in [-0.15, -0.1) is 0 Å². The predicted octanol–water partition coefficient (Wildman–Crippen LogP) is 1.82. The summed E-state index contributed by atoms with van der Waals surface area (Å²) in [6, 6.07) is 0.778. The van der Waals surface area contributed by atoms with Crippen LogP contribution in [0.15, 0.2) is 18.7 Å². The van der Waals surface area contributed by atoms with Crippen LogP contribution in [0.3, 0.4) is 0 Å². The van der Waals surface area contributed by atoms with E-state index >= 15 is 0 Å². The molecule has 0 aliphatic heterocycles. The molecule has 1 heterocycles. The molecule has 2 nitrogen and oxygen atoms in total. The third-order valence-corrected chi connectivity index (χ3v) is 2.79. The molecule has 1 aromatic rings. The summed E-state index contributed by atoms with van der Waals surface area (Å²) in [6.07, 6.45) is 13.5. The van der Waals surface area contributed by atoms with Crippen LogP contribution in [-0.2, 0) is 7.05 Å². The molecule has 1 aliphatic rings. The Hall–Kier alpha value is -0.790. The van der Waals surface area contributed by atoms with Crippen molar-refractivity contribution in [1.29, 1.82) is 0 Å². The summed E-state index contributed by atoms with van der Waals surface area (Å²) in [5, 5.41) is 0. The van der Waals surface area contributed by atoms with Crippen LogP contribution in [0.25, 0.3) is 0 Å². The minimum Gasteiger partial charge on any atom is -0.240 e. The maximum Gasteiger partial charge on any atom is 0.243 e. The lowest BCUT2D eigenvalue weighted by Crippen LogP contribution is -2.38. The SMILES string of the molecule is Cn1cc[n+](C2CCCCC2)c1. The van der Waals surface area contributed by atoms with Crippen molar-refractivity contribution in [3.8, 4) is 0 Å². The molecule has 2 heteroatoms. The second kappa shape index (κ2) is 3.30. The molecule has 0 bridgehead atoms. The molecule has 1 fully saturated rings. The molecule has 0 aromatic carbocycles. The Morgan fingerprint density at radius 3 is 2.58 bits per heavy atom. The van der Waals surface area contributed by atoms with Crippen molar-refractivity contribution >= 4 is 0 Å². The van der Waals surface area contributed by atoms with E-state index in [4.69, 9.17) is 0 Å². The van der Waals surface area contributed by atoms with Gasteiger partial charge in [0.25, 0.3) is 0 Å². The molecule has 2 rings (SSSR count). The number of aryl methyl sites for hydroxylation is 1. The van der Waals surface area contributed by atoms with Gasteiger partial charge in [0.2, 0.25) is 6.33 Å². The van der Waals surface area contributed by atoms with Crippen LogP contribution in [0.4, 0.5) is 0 Å². The Bertz CT molecular complexity index is 246. The highest BCUT2D eigenvalue weighted by Crippen LogP contribution is 2.23. The Balaban J connectivity index is 2.08. The Kier molecular flexibility index (Phi) is 2.15. The zero-order valence-electron chi connectivity index (χ0n) is 7.74. The van der Waals surface area contributed by atoms with E-state index < -0.39 is 0 Å². The Morgan fingerprint density at radius 2 is 2.00 bits per heavy atom. The summed E-state index contributed by atoms with van der Waals surface area (Å²) < 4.78 is 4.48. The third kappa shape index (κ3) is 1.52. The van der Waals surface area contributed by atoms with Crippen molar-refractivity contribution in [2.75, 3.05) is 0 Å². The smallest absolute Gasteiger partial charge is 0.240 e. The van der Waals surface area contributed by atoms with E-state index in [1.54, 1.807) is 0 Å². The number of rotatable bonds is 1. The monoisotopic (exact) mass is 165 g/mol. The van der Waals surface area contributed by atoms with Crippen LogP contribution in [0.2, 0.25) is 0 Å². The number of nitrogens with zero attached hydrogens (tertiary/aromatic N) is 2. The summed E-state index contributed by atoms with van der Waals surface area (Å²) in [6.45, 7) is 0. The maximum atomic E-state index is 2.36. The fraction of sp³-hybridized carbons (Fsp3) is 0.700. The summed E-state index contributed by atoms with van der Waals surface area (Å²) >= 11 is 0. The average Bonchev–Trinajstić information content (AvgIpc) is 2.54. The van der Waals surface area contributed by atoms with Gasteiger partial charge in [-0.2, -0.15) is 0 Å². The molecule has 1 saturated carbocycles. The zero-order chi connectivity index (χ0) is 8.39. The van der Waals surface area contributed by atoms with E-state index in [0.29, 0.717) is 0 Å². The second-order valence-corrected chi connectivity index (χ2v) is 3.82. The minimum atomic E-state index is 0.778. The quantitative estimate of drug-likeness (QED) is 0.561. The zero-order valence-corrected chi connectivity index (χ0v) is 7.74. The molecular weight excluding hydrogens is 148 g/mol. The molecule has 1 aliphatic carbocycles. The van der Waals surface area contributed by atoms with Crippen LogP contribution in [0.5, 0.6) is 0 Å². The van der Waals surface area contributed by atoms with Crippen molar-refractivity contribution in [3.05, 3.63) is 18.7 Å². The second-order valence-electron chi connectivity index (χ2n) is 3.82. The van der Waals surface area contributed by atoms with Gasteiger partial charge in [-0.1, -0.05) is 6.42 Å². The highest BCUT2D eigenvalue weighted by atomic mass is 15.1. The molecule has 0 spiro atoms. The van der Waals surface area contributed by atoms with Gasteiger partial charge in [-0.3, -0.25) is 0 Å². The number of imidazole rings is 1. The van der Waals surface area contributed by atoms with Gasteiger partial charge in [0.15, 0.2) is 0 Å². The fourth-order valence-electron chi connectivity index (χ4n) is 2.06. The average molecular weight is 165 g/mol. The molecule has 0 unspecified atom stereocenters. The van der Waals surface area contributed by atoms with Crippen LogP contribution in [0.1, 0.15) is 38.1 Å². The molecule has 0 radical (unpaired) electrons. The lowest BCUT2D eigenvalue weighted by molar-refractivity contribution is -0.725. The molecular formula is C10H17N2+. The van der Waals surface area contributed by atoms with Crippen molar-refractivity contribution in [2.45, 2.75) is 38.1 Å². The van der Waals surface area contributed by atoms with Crippen molar-refractivity contribution in [1.82, 2.24) is 4.57 Å². The molecule has 12 heavy (non-hydrogen) atoms. The van der Waals surface area contributed by atoms with E-state index in [0.717, 1.165) is 6.04 Å². The molecule has 0 saturated heterocycles. The van der Waals surface area contributed by atoms with E-state index in [1.807, 2.05) is 0 Å². The Morgan fingerprint density at radius 1 is 1.25 bits per heavy atom. The van der Waals surface area contributed by atoms with Crippen LogP contribution in [0, 0.1) is 0 Å². The van der Waals surface area contributed by atoms with Crippen molar-refractivity contribution in [2.24, 2.45) is 7.05 Å². The topological polar surface area (TPSA) is 8.81 Å². The molecule has 1 aromatic heterocycles. The van der Waals surface area contributed by atoms with Gasteiger partial charge in [0.1, 0.15) is 18.4 Å². The van der Waals surface area contributed by atoms with Gasteiger partial charge >= 0.3 is 0 Å². The van der Waals surface area contributed by atoms with Crippen LogP contribution < -0.4 is 4.57 Å². The number of hydrogen-bond acceptors (Lipinski definition) is 0. The van der Waals surface area contributed by atoms with E-state index in [1.165, 1.54) is 32.1 Å². The van der Waals surface area contributed by atoms with E-state index in [-0.39, 0.29) is 0 Å². The van der Waals surface area contributed by atoms with Gasteiger partial charge in [0.05, 0.1) is 7.05 Å². The number of hydrogen-bond donors (Lipinski definition) is 0. The van der Waals surface area contributed by atoms with Gasteiger partial charge in [0, 0.05) is 0 Å². The fourth-order valence-corrected chi connectivity index (χ4v) is 2.06. The molecule has 66 valence electrons. The summed E-state index contributed by atoms with van der Waals surface area (Å²) in [5.41, 5.74) is 0. The first-order valence-electron chi connectivity index (χ1n) is 4.89. The first-order valence-corrected chi connectivity index (χ1v) is 4.89. The lowest BCUT2D eigenvalue weighted by Gasteiger charge is -2.18. The van der Waals surface area contributed by atoms with Crippen molar-refractivity contribution in [3.63, 3.8) is 0 Å². The highest BCUT2D eigenvalue weighted by molar-refractivity contribution is 4.67. The molecule has 0 atom stereocenters. The maximum absolute atomic E-state index is 2.36. The standard InChI is InChI=1S/C10H17N2/c1-11-7-8-12(9-11)10-5-3-2-4-6-10/h7-10H,2-6H2,1H3/q+1. The third-order valence-electron chi connectivity index (χ3n) is 2.79. The lowest BCUT2D eigenvalue weighted by atomic mass is 9.95. The van der Waals surface area contributed by atoms with E-state index in [2.05, 4.69) is 34.9 Å². The largest absolute Gasteiger partial charge is 0.243 e. The van der Waals surface area contributed by atoms with Crippen LogP contribution in [-0.4, -0.2) is 4.57 Å². The van der Waals surface area contributed by atoms with Crippen LogP contribution >= 0.6 is 0 Å². The Labute approximate surface area is 73.8 Å². The van der Waals surface area contributed by atoms with Crippen molar-refractivity contribution < 1.29 is 4.57 Å². The highest BCUT2D eigenvalue weighted by Gasteiger charge is 2.18. The first-order chi connectivity index (χ1) is 5.86. The number of aromatic nitrogens is 2. The summed E-state index contributed by atoms with van der Waals surface area (Å²) in [4.78, 5) is 0. The van der Waals surface area contributed by atoms with Gasteiger partial charge < -0.3 is 0 Å². The normalized spacial score (nSPS) is 19.8. The van der Waals surface area contributed by atoms with E-state index in [9.17, 15) is 0 Å². The molecule has 0 N–H and O–H groups in total.